The molecule has 0 bridgehead atoms. The quantitative estimate of drug-likeness (QED) is 0.716. The van der Waals surface area contributed by atoms with E-state index >= 15 is 0 Å². The lowest BCUT2D eigenvalue weighted by molar-refractivity contribution is 0.179. The van der Waals surface area contributed by atoms with Gasteiger partial charge < -0.3 is 5.73 Å². The smallest absolute Gasteiger partial charge is 0.0121 e. The number of rotatable bonds is 3. The van der Waals surface area contributed by atoms with Gasteiger partial charge in [0, 0.05) is 12.6 Å². The van der Waals surface area contributed by atoms with E-state index in [0.717, 1.165) is 18.5 Å². The second-order valence-electron chi connectivity index (χ2n) is 5.22. The van der Waals surface area contributed by atoms with Gasteiger partial charge in [-0.25, -0.2) is 0 Å². The molecule has 0 radical (unpaired) electrons. The standard InChI is InChI=1S/C11H22N2/c1-9(11(2)4-5-11)13-6-3-10(7-12)8-13/h9-10H,3-8,12H2,1-2H3. The van der Waals surface area contributed by atoms with Crippen molar-refractivity contribution >= 4 is 0 Å². The third-order valence-corrected chi connectivity index (χ3v) is 4.25. The van der Waals surface area contributed by atoms with E-state index in [-0.39, 0.29) is 0 Å². The lowest BCUT2D eigenvalue weighted by atomic mass is 9.99. The number of likely N-dealkylation sites (tertiary alicyclic amines) is 1. The van der Waals surface area contributed by atoms with Gasteiger partial charge in [0.05, 0.1) is 0 Å². The summed E-state index contributed by atoms with van der Waals surface area (Å²) >= 11 is 0. The highest BCUT2D eigenvalue weighted by molar-refractivity contribution is 4.99. The lowest BCUT2D eigenvalue weighted by Gasteiger charge is -2.29. The normalized spacial score (nSPS) is 34.8. The van der Waals surface area contributed by atoms with Gasteiger partial charge in [-0.1, -0.05) is 6.92 Å². The van der Waals surface area contributed by atoms with Crippen molar-refractivity contribution in [3.8, 4) is 0 Å². The fourth-order valence-corrected chi connectivity index (χ4v) is 2.46. The third kappa shape index (κ3) is 1.75. The van der Waals surface area contributed by atoms with Gasteiger partial charge in [-0.05, 0) is 50.6 Å². The van der Waals surface area contributed by atoms with Crippen LogP contribution in [-0.4, -0.2) is 30.6 Å². The molecule has 1 aliphatic heterocycles. The molecule has 2 heteroatoms. The largest absolute Gasteiger partial charge is 0.330 e. The fraction of sp³-hybridized carbons (Fsp3) is 1.00. The summed E-state index contributed by atoms with van der Waals surface area (Å²) in [5.41, 5.74) is 6.34. The van der Waals surface area contributed by atoms with Gasteiger partial charge in [-0.3, -0.25) is 4.90 Å². The molecule has 2 fully saturated rings. The van der Waals surface area contributed by atoms with Crippen LogP contribution >= 0.6 is 0 Å². The van der Waals surface area contributed by atoms with E-state index in [1.54, 1.807) is 0 Å². The Morgan fingerprint density at radius 2 is 2.23 bits per heavy atom. The Morgan fingerprint density at radius 3 is 2.69 bits per heavy atom. The van der Waals surface area contributed by atoms with Crippen LogP contribution in [0.25, 0.3) is 0 Å². The zero-order valence-electron chi connectivity index (χ0n) is 8.92. The van der Waals surface area contributed by atoms with E-state index in [2.05, 4.69) is 18.7 Å². The first-order chi connectivity index (χ1) is 6.15. The van der Waals surface area contributed by atoms with Gasteiger partial charge >= 0.3 is 0 Å². The van der Waals surface area contributed by atoms with Crippen LogP contribution in [0.3, 0.4) is 0 Å². The molecule has 0 aromatic rings. The van der Waals surface area contributed by atoms with Crippen molar-refractivity contribution in [2.24, 2.45) is 17.1 Å². The van der Waals surface area contributed by atoms with Crippen LogP contribution in [0.15, 0.2) is 0 Å². The van der Waals surface area contributed by atoms with Crippen molar-refractivity contribution in [1.29, 1.82) is 0 Å². The highest BCUT2D eigenvalue weighted by Gasteiger charge is 2.45. The molecule has 2 nitrogen and oxygen atoms in total. The zero-order chi connectivity index (χ0) is 9.47. The summed E-state index contributed by atoms with van der Waals surface area (Å²) < 4.78 is 0. The second-order valence-corrected chi connectivity index (χ2v) is 5.22. The van der Waals surface area contributed by atoms with Crippen LogP contribution in [0, 0.1) is 11.3 Å². The maximum Gasteiger partial charge on any atom is 0.0121 e. The van der Waals surface area contributed by atoms with Crippen LogP contribution in [0.1, 0.15) is 33.1 Å². The Kier molecular flexibility index (Phi) is 2.37. The maximum atomic E-state index is 5.69. The Morgan fingerprint density at radius 1 is 1.54 bits per heavy atom. The van der Waals surface area contributed by atoms with E-state index in [1.807, 2.05) is 0 Å². The summed E-state index contributed by atoms with van der Waals surface area (Å²) in [4.78, 5) is 2.64. The number of nitrogens with two attached hydrogens (primary N) is 1. The van der Waals surface area contributed by atoms with Crippen LogP contribution < -0.4 is 5.73 Å². The van der Waals surface area contributed by atoms with Gasteiger partial charge in [0.25, 0.3) is 0 Å². The minimum Gasteiger partial charge on any atom is -0.330 e. The Bertz CT molecular complexity index is 187. The van der Waals surface area contributed by atoms with Gasteiger partial charge in [-0.15, -0.1) is 0 Å². The van der Waals surface area contributed by atoms with Crippen LogP contribution in [0.4, 0.5) is 0 Å². The molecule has 1 heterocycles. The average molecular weight is 182 g/mol. The zero-order valence-corrected chi connectivity index (χ0v) is 8.92. The molecule has 2 unspecified atom stereocenters. The highest BCUT2D eigenvalue weighted by Crippen LogP contribution is 2.50. The summed E-state index contributed by atoms with van der Waals surface area (Å²) in [5.74, 6) is 0.768. The van der Waals surface area contributed by atoms with Crippen LogP contribution in [0.2, 0.25) is 0 Å². The predicted molar refractivity (Wildman–Crippen MR) is 55.5 cm³/mol. The summed E-state index contributed by atoms with van der Waals surface area (Å²) in [5, 5.41) is 0. The van der Waals surface area contributed by atoms with Crippen molar-refractivity contribution < 1.29 is 0 Å². The van der Waals surface area contributed by atoms with Crippen molar-refractivity contribution in [2.75, 3.05) is 19.6 Å². The molecule has 0 spiro atoms. The molecule has 2 aliphatic rings. The highest BCUT2D eigenvalue weighted by atomic mass is 15.2. The molecule has 0 aromatic carbocycles. The molecule has 2 atom stereocenters. The summed E-state index contributed by atoms with van der Waals surface area (Å²) in [6.07, 6.45) is 4.17. The van der Waals surface area contributed by atoms with Crippen LogP contribution in [0.5, 0.6) is 0 Å². The minimum atomic E-state index is 0.642. The molecule has 13 heavy (non-hydrogen) atoms. The minimum absolute atomic E-state index is 0.642. The lowest BCUT2D eigenvalue weighted by Crippen LogP contribution is -2.37. The van der Waals surface area contributed by atoms with Gasteiger partial charge in [0.15, 0.2) is 0 Å². The van der Waals surface area contributed by atoms with Crippen molar-refractivity contribution in [2.45, 2.75) is 39.2 Å². The molecule has 2 N–H and O–H groups in total. The molecule has 2 rings (SSSR count). The summed E-state index contributed by atoms with van der Waals surface area (Å²) in [6.45, 7) is 8.21. The first-order valence-electron chi connectivity index (χ1n) is 5.60. The molecule has 76 valence electrons. The SMILES string of the molecule is CC(N1CCC(CN)C1)C1(C)CC1. The molecular formula is C11H22N2. The molecule has 1 aliphatic carbocycles. The van der Waals surface area contributed by atoms with Crippen molar-refractivity contribution in [1.82, 2.24) is 4.90 Å². The molecule has 0 amide bonds. The van der Waals surface area contributed by atoms with Crippen LogP contribution in [-0.2, 0) is 0 Å². The van der Waals surface area contributed by atoms with Gasteiger partial charge in [-0.2, -0.15) is 0 Å². The monoisotopic (exact) mass is 182 g/mol. The predicted octanol–water partition coefficient (Wildman–Crippen LogP) is 1.46. The number of nitrogens with zero attached hydrogens (tertiary/aromatic N) is 1. The molecular weight excluding hydrogens is 160 g/mol. The topological polar surface area (TPSA) is 29.3 Å². The number of hydrogen-bond acceptors (Lipinski definition) is 2. The van der Waals surface area contributed by atoms with Gasteiger partial charge in [0.2, 0.25) is 0 Å². The average Bonchev–Trinajstić information content (AvgIpc) is 2.71. The molecule has 1 saturated carbocycles. The van der Waals surface area contributed by atoms with E-state index in [4.69, 9.17) is 5.73 Å². The first kappa shape index (κ1) is 9.47. The van der Waals surface area contributed by atoms with Gasteiger partial charge in [0.1, 0.15) is 0 Å². The van der Waals surface area contributed by atoms with E-state index in [1.165, 1.54) is 32.4 Å². The third-order valence-electron chi connectivity index (χ3n) is 4.25. The van der Waals surface area contributed by atoms with E-state index < -0.39 is 0 Å². The summed E-state index contributed by atoms with van der Waals surface area (Å²) in [7, 11) is 0. The number of hydrogen-bond donors (Lipinski definition) is 1. The van der Waals surface area contributed by atoms with E-state index in [0.29, 0.717) is 5.41 Å². The fourth-order valence-electron chi connectivity index (χ4n) is 2.46. The Hall–Kier alpha value is -0.0800. The van der Waals surface area contributed by atoms with E-state index in [9.17, 15) is 0 Å². The molecule has 1 saturated heterocycles. The molecule has 0 aromatic heterocycles. The Balaban J connectivity index is 1.88. The maximum absolute atomic E-state index is 5.69. The summed E-state index contributed by atoms with van der Waals surface area (Å²) in [6, 6.07) is 0.782. The first-order valence-corrected chi connectivity index (χ1v) is 5.60. The van der Waals surface area contributed by atoms with Crippen molar-refractivity contribution in [3.63, 3.8) is 0 Å². The van der Waals surface area contributed by atoms with Crippen molar-refractivity contribution in [3.05, 3.63) is 0 Å². The Labute approximate surface area is 81.5 Å². The second kappa shape index (κ2) is 3.25.